The van der Waals surface area contributed by atoms with Crippen molar-refractivity contribution in [3.63, 3.8) is 0 Å². The minimum Gasteiger partial charge on any atom is -0.201 e. The fourth-order valence-corrected chi connectivity index (χ4v) is 3.32. The summed E-state index contributed by atoms with van der Waals surface area (Å²) in [5.74, 6) is 0. The highest BCUT2D eigenvalue weighted by Gasteiger charge is 2.13. The number of aryl methyl sites for hydroxylation is 2. The second kappa shape index (κ2) is 4.96. The Kier molecular flexibility index (Phi) is 2.93. The minimum absolute atomic E-state index is 1.25. The molecule has 0 amide bonds. The van der Waals surface area contributed by atoms with Crippen molar-refractivity contribution in [2.24, 2.45) is 7.05 Å². The van der Waals surface area contributed by atoms with Crippen LogP contribution < -0.4 is 4.57 Å². The quantitative estimate of drug-likeness (QED) is 0.349. The van der Waals surface area contributed by atoms with Gasteiger partial charge in [0.05, 0.1) is 0 Å². The lowest BCUT2D eigenvalue weighted by Gasteiger charge is -2.10. The van der Waals surface area contributed by atoms with E-state index in [2.05, 4.69) is 91.5 Å². The Morgan fingerprint density at radius 1 is 0.682 bits per heavy atom. The molecule has 0 N–H and O–H groups in total. The maximum atomic E-state index is 2.26. The SMILES string of the molecule is Cc1c(-c2cccc[n+]2C)ccc2c1ccc1ccccc12. The molecule has 1 heterocycles. The molecule has 1 nitrogen and oxygen atoms in total. The van der Waals surface area contributed by atoms with Crippen LogP contribution in [0.3, 0.4) is 0 Å². The van der Waals surface area contributed by atoms with E-state index in [1.165, 1.54) is 38.4 Å². The van der Waals surface area contributed by atoms with Crippen LogP contribution in [0.15, 0.2) is 72.9 Å². The molecule has 1 heteroatoms. The summed E-state index contributed by atoms with van der Waals surface area (Å²) in [6, 6.07) is 23.9. The molecule has 0 aliphatic rings. The molecule has 4 aromatic rings. The average Bonchev–Trinajstić information content (AvgIpc) is 2.56. The number of hydrogen-bond acceptors (Lipinski definition) is 0. The predicted molar refractivity (Wildman–Crippen MR) is 92.8 cm³/mol. The van der Waals surface area contributed by atoms with E-state index in [1.54, 1.807) is 0 Å². The van der Waals surface area contributed by atoms with Gasteiger partial charge in [-0.05, 0) is 46.2 Å². The van der Waals surface area contributed by atoms with E-state index in [4.69, 9.17) is 0 Å². The zero-order chi connectivity index (χ0) is 15.1. The third-order valence-corrected chi connectivity index (χ3v) is 4.53. The minimum atomic E-state index is 1.25. The summed E-state index contributed by atoms with van der Waals surface area (Å²) >= 11 is 0. The van der Waals surface area contributed by atoms with Crippen LogP contribution in [0.4, 0.5) is 0 Å². The molecule has 0 bridgehead atoms. The van der Waals surface area contributed by atoms with Crippen LogP contribution in [0, 0.1) is 6.92 Å². The summed E-state index contributed by atoms with van der Waals surface area (Å²) in [6.45, 7) is 2.22. The lowest BCUT2D eigenvalue weighted by Crippen LogP contribution is -2.30. The molecule has 0 radical (unpaired) electrons. The number of hydrogen-bond donors (Lipinski definition) is 0. The smallest absolute Gasteiger partial charge is 0.201 e. The predicted octanol–water partition coefficient (Wildman–Crippen LogP) is 4.79. The van der Waals surface area contributed by atoms with Crippen LogP contribution in [0.1, 0.15) is 5.56 Å². The van der Waals surface area contributed by atoms with Gasteiger partial charge in [0.2, 0.25) is 5.69 Å². The molecule has 0 spiro atoms. The number of nitrogens with zero attached hydrogens (tertiary/aromatic N) is 1. The Morgan fingerprint density at radius 3 is 2.32 bits per heavy atom. The largest absolute Gasteiger partial charge is 0.212 e. The van der Waals surface area contributed by atoms with E-state index in [0.717, 1.165) is 0 Å². The third kappa shape index (κ3) is 1.90. The Labute approximate surface area is 130 Å². The molecule has 0 atom stereocenters. The van der Waals surface area contributed by atoms with Crippen LogP contribution in [0.25, 0.3) is 32.8 Å². The van der Waals surface area contributed by atoms with Crippen molar-refractivity contribution in [2.75, 3.05) is 0 Å². The number of pyridine rings is 1. The van der Waals surface area contributed by atoms with Gasteiger partial charge in [0.1, 0.15) is 7.05 Å². The summed E-state index contributed by atoms with van der Waals surface area (Å²) in [6.07, 6.45) is 2.10. The van der Waals surface area contributed by atoms with Crippen molar-refractivity contribution < 1.29 is 4.57 Å². The highest BCUT2D eigenvalue weighted by molar-refractivity contribution is 6.09. The second-order valence-corrected chi connectivity index (χ2v) is 5.82. The van der Waals surface area contributed by atoms with Crippen molar-refractivity contribution in [3.8, 4) is 11.3 Å². The number of rotatable bonds is 1. The molecule has 0 unspecified atom stereocenters. The summed E-state index contributed by atoms with van der Waals surface area (Å²) in [7, 11) is 2.10. The molecule has 0 aliphatic carbocycles. The zero-order valence-electron chi connectivity index (χ0n) is 12.9. The van der Waals surface area contributed by atoms with Gasteiger partial charge in [0.25, 0.3) is 0 Å². The molecule has 0 saturated carbocycles. The fourth-order valence-electron chi connectivity index (χ4n) is 3.32. The van der Waals surface area contributed by atoms with Crippen LogP contribution in [0.2, 0.25) is 0 Å². The monoisotopic (exact) mass is 284 g/mol. The average molecular weight is 284 g/mol. The number of aromatic nitrogens is 1. The topological polar surface area (TPSA) is 3.88 Å². The molecule has 0 saturated heterocycles. The van der Waals surface area contributed by atoms with Gasteiger partial charge in [0.15, 0.2) is 6.20 Å². The molecular formula is C21H18N+. The lowest BCUT2D eigenvalue weighted by molar-refractivity contribution is -0.660. The fraction of sp³-hybridized carbons (Fsp3) is 0.0952. The zero-order valence-corrected chi connectivity index (χ0v) is 12.9. The first kappa shape index (κ1) is 13.0. The number of benzene rings is 3. The van der Waals surface area contributed by atoms with Gasteiger partial charge in [-0.3, -0.25) is 0 Å². The molecule has 4 rings (SSSR count). The first-order valence-corrected chi connectivity index (χ1v) is 7.62. The number of fused-ring (bicyclic) bond motifs is 3. The standard InChI is InChI=1S/C21H18N/c1-15-17-11-10-16-7-3-4-8-19(16)20(17)13-12-18(15)21-9-5-6-14-22(21)2/h3-14H,1-2H3/q+1. The Hall–Kier alpha value is -2.67. The maximum absolute atomic E-state index is 2.26. The first-order chi connectivity index (χ1) is 10.8. The lowest BCUT2D eigenvalue weighted by atomic mass is 9.94. The highest BCUT2D eigenvalue weighted by atomic mass is 14.9. The highest BCUT2D eigenvalue weighted by Crippen LogP contribution is 2.32. The summed E-state index contributed by atoms with van der Waals surface area (Å²) in [4.78, 5) is 0. The van der Waals surface area contributed by atoms with Crippen molar-refractivity contribution in [1.29, 1.82) is 0 Å². The van der Waals surface area contributed by atoms with Crippen LogP contribution in [-0.4, -0.2) is 0 Å². The van der Waals surface area contributed by atoms with Gasteiger partial charge in [-0.2, -0.15) is 0 Å². The molecule has 106 valence electrons. The second-order valence-electron chi connectivity index (χ2n) is 5.82. The van der Waals surface area contributed by atoms with Gasteiger partial charge in [-0.1, -0.05) is 42.5 Å². The van der Waals surface area contributed by atoms with Gasteiger partial charge >= 0.3 is 0 Å². The van der Waals surface area contributed by atoms with E-state index in [0.29, 0.717) is 0 Å². The van der Waals surface area contributed by atoms with Crippen LogP contribution in [-0.2, 0) is 7.05 Å². The summed E-state index contributed by atoms with van der Waals surface area (Å²) in [5, 5.41) is 5.29. The van der Waals surface area contributed by atoms with E-state index >= 15 is 0 Å². The van der Waals surface area contributed by atoms with Gasteiger partial charge in [0, 0.05) is 17.7 Å². The summed E-state index contributed by atoms with van der Waals surface area (Å²) < 4.78 is 2.18. The van der Waals surface area contributed by atoms with Gasteiger partial charge < -0.3 is 0 Å². The Bertz CT molecular complexity index is 999. The Morgan fingerprint density at radius 2 is 1.45 bits per heavy atom. The van der Waals surface area contributed by atoms with Gasteiger partial charge in [-0.25, -0.2) is 4.57 Å². The molecule has 3 aromatic carbocycles. The summed E-state index contributed by atoms with van der Waals surface area (Å²) in [5.41, 5.74) is 3.88. The van der Waals surface area contributed by atoms with Crippen LogP contribution in [0.5, 0.6) is 0 Å². The van der Waals surface area contributed by atoms with E-state index < -0.39 is 0 Å². The Balaban J connectivity index is 2.07. The third-order valence-electron chi connectivity index (χ3n) is 4.53. The molecule has 0 aliphatic heterocycles. The van der Waals surface area contributed by atoms with Crippen molar-refractivity contribution in [1.82, 2.24) is 0 Å². The molecule has 22 heavy (non-hydrogen) atoms. The van der Waals surface area contributed by atoms with Crippen LogP contribution >= 0.6 is 0 Å². The van der Waals surface area contributed by atoms with E-state index in [9.17, 15) is 0 Å². The van der Waals surface area contributed by atoms with E-state index in [-0.39, 0.29) is 0 Å². The van der Waals surface area contributed by atoms with Crippen molar-refractivity contribution >= 4 is 21.5 Å². The maximum Gasteiger partial charge on any atom is 0.212 e. The normalized spacial score (nSPS) is 11.2. The van der Waals surface area contributed by atoms with Crippen molar-refractivity contribution in [3.05, 3.63) is 78.5 Å². The van der Waals surface area contributed by atoms with Gasteiger partial charge in [-0.15, -0.1) is 0 Å². The first-order valence-electron chi connectivity index (χ1n) is 7.62. The molecule has 0 fully saturated rings. The molecule has 1 aromatic heterocycles. The van der Waals surface area contributed by atoms with E-state index in [1.807, 2.05) is 0 Å². The molecular weight excluding hydrogens is 266 g/mol. The van der Waals surface area contributed by atoms with Crippen molar-refractivity contribution in [2.45, 2.75) is 6.92 Å².